The first kappa shape index (κ1) is 17.1. The Morgan fingerprint density at radius 3 is 2.88 bits per heavy atom. The van der Waals surface area contributed by atoms with Gasteiger partial charge in [0.05, 0.1) is 17.9 Å². The fourth-order valence-electron chi connectivity index (χ4n) is 3.27. The Labute approximate surface area is 143 Å². The number of carboxylic acid groups (broad SMARTS) is 1. The van der Waals surface area contributed by atoms with E-state index in [-0.39, 0.29) is 31.8 Å². The molecule has 0 spiro atoms. The summed E-state index contributed by atoms with van der Waals surface area (Å²) in [6.45, 7) is 0.0768. The average Bonchev–Trinajstić information content (AvgIpc) is 3.10. The standard InChI is InChI=1S/C17H18FN3O4/c18-13-3-1-2-11(6-13)7-17(16(24)25)10-21(5-4-14(17)22)15(23)12-8-19-20-9-12/h1-3,6,8-9,14,22H,4-5,7,10H2,(H,19,20)(H,24,25)/t14-,17-/m1/s1. The molecule has 0 saturated carbocycles. The Morgan fingerprint density at radius 2 is 2.24 bits per heavy atom. The maximum Gasteiger partial charge on any atom is 0.314 e. The van der Waals surface area contributed by atoms with Gasteiger partial charge in [-0.05, 0) is 30.5 Å². The number of H-pyrrole nitrogens is 1. The zero-order chi connectivity index (χ0) is 18.0. The summed E-state index contributed by atoms with van der Waals surface area (Å²) in [5, 5.41) is 26.5. The molecule has 2 heterocycles. The minimum Gasteiger partial charge on any atom is -0.481 e. The molecular formula is C17H18FN3O4. The molecule has 0 radical (unpaired) electrons. The first-order chi connectivity index (χ1) is 11.9. The number of rotatable bonds is 4. The Bertz CT molecular complexity index is 780. The second-order valence-corrected chi connectivity index (χ2v) is 6.29. The number of aliphatic hydroxyl groups is 1. The molecule has 2 aromatic rings. The van der Waals surface area contributed by atoms with Gasteiger partial charge in [0.1, 0.15) is 11.2 Å². The summed E-state index contributed by atoms with van der Waals surface area (Å²) >= 11 is 0. The highest BCUT2D eigenvalue weighted by Crippen LogP contribution is 2.35. The number of carboxylic acids is 1. The van der Waals surface area contributed by atoms with Gasteiger partial charge < -0.3 is 15.1 Å². The molecule has 0 aliphatic carbocycles. The second-order valence-electron chi connectivity index (χ2n) is 6.29. The van der Waals surface area contributed by atoms with Crippen molar-refractivity contribution in [1.82, 2.24) is 15.1 Å². The van der Waals surface area contributed by atoms with Gasteiger partial charge in [-0.25, -0.2) is 4.39 Å². The van der Waals surface area contributed by atoms with Crippen molar-refractivity contribution in [1.29, 1.82) is 0 Å². The molecule has 2 atom stereocenters. The number of amides is 1. The predicted molar refractivity (Wildman–Crippen MR) is 85.3 cm³/mol. The van der Waals surface area contributed by atoms with E-state index in [1.807, 2.05) is 0 Å². The van der Waals surface area contributed by atoms with Crippen LogP contribution in [0.4, 0.5) is 4.39 Å². The van der Waals surface area contributed by atoms with Crippen LogP contribution in [0.3, 0.4) is 0 Å². The lowest BCUT2D eigenvalue weighted by Gasteiger charge is -2.43. The third-order valence-electron chi connectivity index (χ3n) is 4.65. The van der Waals surface area contributed by atoms with Crippen molar-refractivity contribution in [3.8, 4) is 0 Å². The molecule has 132 valence electrons. The van der Waals surface area contributed by atoms with E-state index in [1.165, 1.54) is 35.5 Å². The summed E-state index contributed by atoms with van der Waals surface area (Å²) in [7, 11) is 0. The molecular weight excluding hydrogens is 329 g/mol. The molecule has 1 aromatic heterocycles. The smallest absolute Gasteiger partial charge is 0.314 e. The van der Waals surface area contributed by atoms with Gasteiger partial charge in [-0.1, -0.05) is 12.1 Å². The second kappa shape index (κ2) is 6.64. The van der Waals surface area contributed by atoms with Crippen LogP contribution in [0.25, 0.3) is 0 Å². The number of aromatic nitrogens is 2. The van der Waals surface area contributed by atoms with Crippen LogP contribution >= 0.6 is 0 Å². The number of nitrogens with one attached hydrogen (secondary N) is 1. The van der Waals surface area contributed by atoms with Gasteiger partial charge in [0.2, 0.25) is 0 Å². The first-order valence-electron chi connectivity index (χ1n) is 7.86. The lowest BCUT2D eigenvalue weighted by Crippen LogP contribution is -2.58. The first-order valence-corrected chi connectivity index (χ1v) is 7.86. The van der Waals surface area contributed by atoms with Crippen molar-refractivity contribution in [2.75, 3.05) is 13.1 Å². The maximum atomic E-state index is 13.5. The zero-order valence-corrected chi connectivity index (χ0v) is 13.4. The third kappa shape index (κ3) is 3.25. The number of aliphatic hydroxyl groups excluding tert-OH is 1. The quantitative estimate of drug-likeness (QED) is 0.767. The highest BCUT2D eigenvalue weighted by atomic mass is 19.1. The zero-order valence-electron chi connectivity index (χ0n) is 13.4. The number of carbonyl (C=O) groups excluding carboxylic acids is 1. The van der Waals surface area contributed by atoms with Gasteiger partial charge in [-0.15, -0.1) is 0 Å². The van der Waals surface area contributed by atoms with Crippen molar-refractivity contribution in [3.05, 3.63) is 53.6 Å². The lowest BCUT2D eigenvalue weighted by molar-refractivity contribution is -0.161. The summed E-state index contributed by atoms with van der Waals surface area (Å²) in [6.07, 6.45) is 1.72. The van der Waals surface area contributed by atoms with Crippen molar-refractivity contribution in [2.45, 2.75) is 18.9 Å². The Kier molecular flexibility index (Phi) is 4.54. The number of nitrogens with zero attached hydrogens (tertiary/aromatic N) is 2. The Morgan fingerprint density at radius 1 is 1.44 bits per heavy atom. The van der Waals surface area contributed by atoms with Crippen LogP contribution in [0.2, 0.25) is 0 Å². The van der Waals surface area contributed by atoms with E-state index < -0.39 is 23.3 Å². The molecule has 1 aromatic carbocycles. The van der Waals surface area contributed by atoms with Gasteiger partial charge in [0, 0.05) is 19.3 Å². The molecule has 1 fully saturated rings. The normalized spacial score (nSPS) is 23.4. The highest BCUT2D eigenvalue weighted by Gasteiger charge is 2.50. The number of halogens is 1. The summed E-state index contributed by atoms with van der Waals surface area (Å²) in [4.78, 5) is 25.9. The number of hydrogen-bond acceptors (Lipinski definition) is 4. The Hall–Kier alpha value is -2.74. The number of aromatic amines is 1. The number of piperidine rings is 1. The molecule has 3 N–H and O–H groups in total. The molecule has 1 aliphatic heterocycles. The van der Waals surface area contributed by atoms with E-state index in [9.17, 15) is 24.2 Å². The van der Waals surface area contributed by atoms with Gasteiger partial charge >= 0.3 is 5.97 Å². The monoisotopic (exact) mass is 347 g/mol. The summed E-state index contributed by atoms with van der Waals surface area (Å²) < 4.78 is 13.5. The highest BCUT2D eigenvalue weighted by molar-refractivity contribution is 5.94. The molecule has 0 unspecified atom stereocenters. The lowest BCUT2D eigenvalue weighted by atomic mass is 9.72. The van der Waals surface area contributed by atoms with Crippen LogP contribution in [0.1, 0.15) is 22.3 Å². The average molecular weight is 347 g/mol. The van der Waals surface area contributed by atoms with Crippen LogP contribution in [0.15, 0.2) is 36.7 Å². The number of likely N-dealkylation sites (tertiary alicyclic amines) is 1. The van der Waals surface area contributed by atoms with Crippen molar-refractivity contribution in [3.63, 3.8) is 0 Å². The van der Waals surface area contributed by atoms with Crippen LogP contribution in [0, 0.1) is 11.2 Å². The largest absolute Gasteiger partial charge is 0.481 e. The molecule has 0 bridgehead atoms. The molecule has 7 nitrogen and oxygen atoms in total. The fraction of sp³-hybridized carbons (Fsp3) is 0.353. The van der Waals surface area contributed by atoms with Crippen molar-refractivity contribution >= 4 is 11.9 Å². The van der Waals surface area contributed by atoms with E-state index in [4.69, 9.17) is 0 Å². The predicted octanol–water partition coefficient (Wildman–Crippen LogP) is 1.07. The van der Waals surface area contributed by atoms with E-state index in [0.29, 0.717) is 11.1 Å². The molecule has 1 saturated heterocycles. The number of benzene rings is 1. The Balaban J connectivity index is 1.90. The van der Waals surface area contributed by atoms with E-state index in [2.05, 4.69) is 10.2 Å². The fourth-order valence-corrected chi connectivity index (χ4v) is 3.27. The van der Waals surface area contributed by atoms with E-state index in [1.54, 1.807) is 6.07 Å². The molecule has 8 heteroatoms. The number of carbonyl (C=O) groups is 2. The van der Waals surface area contributed by atoms with Gasteiger partial charge in [0.25, 0.3) is 5.91 Å². The van der Waals surface area contributed by atoms with E-state index >= 15 is 0 Å². The van der Waals surface area contributed by atoms with E-state index in [0.717, 1.165) is 0 Å². The van der Waals surface area contributed by atoms with Crippen LogP contribution < -0.4 is 0 Å². The van der Waals surface area contributed by atoms with Crippen LogP contribution in [-0.2, 0) is 11.2 Å². The summed E-state index contributed by atoms with van der Waals surface area (Å²) in [5.74, 6) is -2.05. The number of aliphatic carboxylic acids is 1. The van der Waals surface area contributed by atoms with Gasteiger partial charge in [0.15, 0.2) is 0 Å². The van der Waals surface area contributed by atoms with Crippen molar-refractivity contribution < 1.29 is 24.2 Å². The third-order valence-corrected chi connectivity index (χ3v) is 4.65. The van der Waals surface area contributed by atoms with Crippen LogP contribution in [-0.4, -0.2) is 56.4 Å². The topological polar surface area (TPSA) is 107 Å². The molecule has 1 amide bonds. The minimum absolute atomic E-state index is 0.0730. The van der Waals surface area contributed by atoms with Gasteiger partial charge in [-0.3, -0.25) is 14.7 Å². The van der Waals surface area contributed by atoms with Crippen molar-refractivity contribution in [2.24, 2.45) is 5.41 Å². The number of hydrogen-bond donors (Lipinski definition) is 3. The molecule has 1 aliphatic rings. The molecule has 3 rings (SSSR count). The van der Waals surface area contributed by atoms with Crippen LogP contribution in [0.5, 0.6) is 0 Å². The summed E-state index contributed by atoms with van der Waals surface area (Å²) in [5.41, 5.74) is -0.814. The minimum atomic E-state index is -1.59. The maximum absolute atomic E-state index is 13.5. The SMILES string of the molecule is O=C(c1cn[nH]c1)N1CC[C@@H](O)[C@](Cc2cccc(F)c2)(C(=O)O)C1. The summed E-state index contributed by atoms with van der Waals surface area (Å²) in [6, 6.07) is 5.61. The van der Waals surface area contributed by atoms with Gasteiger partial charge in [-0.2, -0.15) is 5.10 Å². The molecule has 25 heavy (non-hydrogen) atoms.